The largest absolute Gasteiger partial charge is 0.459 e. The Morgan fingerprint density at radius 3 is 2.51 bits per heavy atom. The van der Waals surface area contributed by atoms with Crippen molar-refractivity contribution >= 4 is 11.8 Å². The van der Waals surface area contributed by atoms with E-state index in [2.05, 4.69) is 34.6 Å². The van der Waals surface area contributed by atoms with Gasteiger partial charge < -0.3 is 4.74 Å². The van der Waals surface area contributed by atoms with Crippen LogP contribution in [-0.2, 0) is 9.53 Å². The lowest BCUT2D eigenvalue weighted by Crippen LogP contribution is -2.49. The molecule has 0 spiro atoms. The Kier molecular flexibility index (Phi) is 7.46. The number of allylic oxidation sites excluding steroid dienone is 2. The van der Waals surface area contributed by atoms with E-state index in [0.29, 0.717) is 35.0 Å². The predicted molar refractivity (Wildman–Crippen MR) is 149 cm³/mol. The van der Waals surface area contributed by atoms with Crippen LogP contribution in [0.4, 0.5) is 0 Å². The van der Waals surface area contributed by atoms with Gasteiger partial charge in [0.05, 0.1) is 5.56 Å². The minimum atomic E-state index is -0.214. The summed E-state index contributed by atoms with van der Waals surface area (Å²) < 4.78 is 5.97. The minimum Gasteiger partial charge on any atom is -0.459 e. The lowest BCUT2D eigenvalue weighted by atomic mass is 9.50. The second-order valence-electron chi connectivity index (χ2n) is 13.9. The molecule has 0 radical (unpaired) electrons. The highest BCUT2D eigenvalue weighted by molar-refractivity contribution is 5.99. The van der Waals surface area contributed by atoms with E-state index >= 15 is 0 Å². The first-order valence-corrected chi connectivity index (χ1v) is 15.2. The van der Waals surface area contributed by atoms with Crippen LogP contribution in [-0.4, -0.2) is 17.9 Å². The van der Waals surface area contributed by atoms with Crippen LogP contribution in [0, 0.1) is 40.4 Å². The van der Waals surface area contributed by atoms with Crippen LogP contribution in [0.2, 0.25) is 0 Å². The van der Waals surface area contributed by atoms with Gasteiger partial charge in [-0.05, 0) is 97.5 Å². The minimum absolute atomic E-state index is 0.0422. The monoisotopic (exact) mass is 504 g/mol. The lowest BCUT2D eigenvalue weighted by Gasteiger charge is -2.54. The molecule has 4 aliphatic carbocycles. The van der Waals surface area contributed by atoms with Crippen molar-refractivity contribution in [3.63, 3.8) is 0 Å². The van der Waals surface area contributed by atoms with Gasteiger partial charge in [0.2, 0.25) is 0 Å². The number of fused-ring (bicyclic) bond motifs is 4. The van der Waals surface area contributed by atoms with Crippen LogP contribution in [0.3, 0.4) is 0 Å². The number of carbonyl (C=O) groups excluding carboxylic acids is 2. The second kappa shape index (κ2) is 10.3. The zero-order valence-electron chi connectivity index (χ0n) is 23.9. The summed E-state index contributed by atoms with van der Waals surface area (Å²) in [6.07, 6.45) is 12.1. The van der Waals surface area contributed by atoms with E-state index in [1.807, 2.05) is 30.3 Å². The molecule has 7 atom stereocenters. The molecule has 37 heavy (non-hydrogen) atoms. The van der Waals surface area contributed by atoms with Gasteiger partial charge in [0.15, 0.2) is 5.78 Å². The molecule has 0 saturated heterocycles. The van der Waals surface area contributed by atoms with Gasteiger partial charge in [-0.2, -0.15) is 0 Å². The first-order valence-electron chi connectivity index (χ1n) is 15.2. The summed E-state index contributed by atoms with van der Waals surface area (Å²) in [5, 5.41) is 0. The van der Waals surface area contributed by atoms with Gasteiger partial charge in [0.25, 0.3) is 0 Å². The highest BCUT2D eigenvalue weighted by Crippen LogP contribution is 2.65. The maximum atomic E-state index is 14.0. The molecule has 202 valence electrons. The van der Waals surface area contributed by atoms with Crippen molar-refractivity contribution in [1.29, 1.82) is 0 Å². The molecule has 1 aromatic carbocycles. The first-order chi connectivity index (χ1) is 17.6. The van der Waals surface area contributed by atoms with Crippen LogP contribution in [0.5, 0.6) is 0 Å². The zero-order chi connectivity index (χ0) is 26.4. The van der Waals surface area contributed by atoms with E-state index in [1.165, 1.54) is 43.3 Å². The average molecular weight is 505 g/mol. The van der Waals surface area contributed by atoms with E-state index in [4.69, 9.17) is 4.74 Å². The fourth-order valence-electron chi connectivity index (χ4n) is 9.20. The summed E-state index contributed by atoms with van der Waals surface area (Å²) in [6.45, 7) is 11.9. The SMILES string of the molecule is CC(C)CCC[C@@H](C)[C@H]1CCC2C3=C(C(=O)C[C@@]21C)[C@@]1(C)CC[C@H](OC(=O)c2ccccc2)CC1CC3. The molecule has 3 heteroatoms. The van der Waals surface area contributed by atoms with Crippen LogP contribution in [0.15, 0.2) is 41.5 Å². The standard InChI is InChI=1S/C34H48O3/c1-22(2)10-9-11-23(3)28-16-17-29-27-15-14-25-20-26(37-32(36)24-12-7-6-8-13-24)18-19-33(25,4)31(27)30(35)21-34(28,29)5/h6-8,12-13,22-23,25-26,28-29H,9-11,14-21H2,1-5H3/t23-,25?,26+,28-,29?,33+,34-/m1/s1. The van der Waals surface area contributed by atoms with Crippen molar-refractivity contribution in [2.75, 3.05) is 0 Å². The van der Waals surface area contributed by atoms with Gasteiger partial charge in [0.1, 0.15) is 6.10 Å². The molecule has 0 heterocycles. The first kappa shape index (κ1) is 26.7. The number of hydrogen-bond acceptors (Lipinski definition) is 3. The highest BCUT2D eigenvalue weighted by Gasteiger charge is 2.58. The number of rotatable bonds is 7. The Morgan fingerprint density at radius 2 is 1.78 bits per heavy atom. The van der Waals surface area contributed by atoms with E-state index in [0.717, 1.165) is 44.4 Å². The molecule has 2 saturated carbocycles. The van der Waals surface area contributed by atoms with Crippen molar-refractivity contribution < 1.29 is 14.3 Å². The van der Waals surface area contributed by atoms with E-state index < -0.39 is 0 Å². The molecule has 0 bridgehead atoms. The van der Waals surface area contributed by atoms with Crippen molar-refractivity contribution in [3.8, 4) is 0 Å². The van der Waals surface area contributed by atoms with E-state index in [1.54, 1.807) is 0 Å². The third-order valence-electron chi connectivity index (χ3n) is 11.1. The van der Waals surface area contributed by atoms with E-state index in [9.17, 15) is 9.59 Å². The summed E-state index contributed by atoms with van der Waals surface area (Å²) in [5.74, 6) is 3.39. The summed E-state index contributed by atoms with van der Waals surface area (Å²) in [4.78, 5) is 26.7. The van der Waals surface area contributed by atoms with Crippen LogP contribution >= 0.6 is 0 Å². The molecule has 2 fully saturated rings. The molecule has 1 aromatic rings. The maximum absolute atomic E-state index is 14.0. The normalized spacial score (nSPS) is 36.1. The van der Waals surface area contributed by atoms with Crippen molar-refractivity contribution in [3.05, 3.63) is 47.0 Å². The third-order valence-corrected chi connectivity index (χ3v) is 11.1. The molecule has 5 rings (SSSR count). The van der Waals surface area contributed by atoms with Gasteiger partial charge in [-0.25, -0.2) is 4.79 Å². The zero-order valence-corrected chi connectivity index (χ0v) is 23.9. The number of hydrogen-bond donors (Lipinski definition) is 0. The topological polar surface area (TPSA) is 43.4 Å². The third kappa shape index (κ3) is 4.85. The number of esters is 1. The number of carbonyl (C=O) groups is 2. The molecule has 3 nitrogen and oxygen atoms in total. The summed E-state index contributed by atoms with van der Waals surface area (Å²) in [6, 6.07) is 9.33. The molecule has 0 amide bonds. The highest BCUT2D eigenvalue weighted by atomic mass is 16.5. The van der Waals surface area contributed by atoms with Gasteiger partial charge >= 0.3 is 5.97 Å². The summed E-state index contributed by atoms with van der Waals surface area (Å²) in [5.41, 5.74) is 3.46. The second-order valence-corrected chi connectivity index (χ2v) is 13.9. The average Bonchev–Trinajstić information content (AvgIpc) is 3.20. The molecular weight excluding hydrogens is 456 g/mol. The van der Waals surface area contributed by atoms with Crippen molar-refractivity contribution in [1.82, 2.24) is 0 Å². The summed E-state index contributed by atoms with van der Waals surface area (Å²) >= 11 is 0. The van der Waals surface area contributed by atoms with Gasteiger partial charge in [0, 0.05) is 12.0 Å². The summed E-state index contributed by atoms with van der Waals surface area (Å²) in [7, 11) is 0. The Bertz CT molecular complexity index is 1040. The number of Topliss-reactive ketones (excluding diaryl/α,β-unsaturated/α-hetero) is 1. The van der Waals surface area contributed by atoms with Gasteiger partial charge in [-0.15, -0.1) is 0 Å². The maximum Gasteiger partial charge on any atom is 0.338 e. The van der Waals surface area contributed by atoms with Crippen LogP contribution < -0.4 is 0 Å². The van der Waals surface area contributed by atoms with Crippen LogP contribution in [0.25, 0.3) is 0 Å². The molecule has 2 unspecified atom stereocenters. The number of benzene rings is 1. The fraction of sp³-hybridized carbons (Fsp3) is 0.706. The smallest absolute Gasteiger partial charge is 0.338 e. The van der Waals surface area contributed by atoms with E-state index in [-0.39, 0.29) is 22.9 Å². The van der Waals surface area contributed by atoms with Crippen molar-refractivity contribution in [2.45, 2.75) is 111 Å². The molecule has 0 aromatic heterocycles. The van der Waals surface area contributed by atoms with Crippen LogP contribution in [0.1, 0.15) is 116 Å². The Hall–Kier alpha value is -1.90. The fourth-order valence-corrected chi connectivity index (χ4v) is 9.20. The number of ether oxygens (including phenoxy) is 1. The Balaban J connectivity index is 1.31. The van der Waals surface area contributed by atoms with Gasteiger partial charge in [-0.3, -0.25) is 4.79 Å². The quantitative estimate of drug-likeness (QED) is 0.349. The van der Waals surface area contributed by atoms with Gasteiger partial charge in [-0.1, -0.05) is 77.7 Å². The lowest BCUT2D eigenvalue weighted by molar-refractivity contribution is -0.123. The molecule has 4 aliphatic rings. The Morgan fingerprint density at radius 1 is 1.03 bits per heavy atom. The Labute approximate surface area is 224 Å². The number of ketones is 1. The molecular formula is C34H48O3. The molecule has 0 aliphatic heterocycles. The molecule has 0 N–H and O–H groups in total. The predicted octanol–water partition coefficient (Wildman–Crippen LogP) is 8.58. The van der Waals surface area contributed by atoms with Crippen molar-refractivity contribution in [2.24, 2.45) is 40.4 Å².